The molecule has 2 unspecified atom stereocenters. The van der Waals surface area contributed by atoms with E-state index < -0.39 is 5.97 Å². The maximum absolute atomic E-state index is 10.5. The van der Waals surface area contributed by atoms with Gasteiger partial charge in [0, 0.05) is 23.1 Å². The van der Waals surface area contributed by atoms with Crippen LogP contribution in [0, 0.1) is 0 Å². The Labute approximate surface area is 122 Å². The first-order valence-electron chi connectivity index (χ1n) is 6.73. The van der Waals surface area contributed by atoms with Crippen molar-refractivity contribution in [3.05, 3.63) is 11.1 Å². The number of aromatic nitrogens is 1. The first kappa shape index (κ1) is 14.7. The lowest BCUT2D eigenvalue weighted by atomic mass is 10.2. The molecule has 106 valence electrons. The number of anilines is 1. The predicted molar refractivity (Wildman–Crippen MR) is 81.3 cm³/mol. The SMILES string of the molecule is CCSC1CCCC1Nc1nc(CCC(=O)O)cs1. The standard InChI is InChI=1S/C13H20N2O2S2/c1-2-18-11-5-3-4-10(11)15-13-14-9(8-19-13)6-7-12(16)17/h8,10-11H,2-7H2,1H3,(H,14,15)(H,16,17). The first-order chi connectivity index (χ1) is 9.19. The molecule has 19 heavy (non-hydrogen) atoms. The summed E-state index contributed by atoms with van der Waals surface area (Å²) in [5, 5.41) is 15.8. The summed E-state index contributed by atoms with van der Waals surface area (Å²) in [5.41, 5.74) is 0.882. The molecule has 1 aliphatic rings. The van der Waals surface area contributed by atoms with Gasteiger partial charge < -0.3 is 10.4 Å². The molecule has 0 amide bonds. The Hall–Kier alpha value is -0.750. The van der Waals surface area contributed by atoms with Crippen molar-refractivity contribution in [1.82, 2.24) is 4.98 Å². The molecule has 0 spiro atoms. The molecule has 0 radical (unpaired) electrons. The van der Waals surface area contributed by atoms with E-state index in [1.807, 2.05) is 17.1 Å². The van der Waals surface area contributed by atoms with E-state index in [2.05, 4.69) is 17.2 Å². The third kappa shape index (κ3) is 4.38. The van der Waals surface area contributed by atoms with E-state index in [-0.39, 0.29) is 6.42 Å². The number of carboxylic acid groups (broad SMARTS) is 1. The highest BCUT2D eigenvalue weighted by molar-refractivity contribution is 7.99. The highest BCUT2D eigenvalue weighted by Crippen LogP contribution is 2.32. The second-order valence-corrected chi connectivity index (χ2v) is 7.09. The zero-order chi connectivity index (χ0) is 13.7. The smallest absolute Gasteiger partial charge is 0.303 e. The molecule has 0 aromatic carbocycles. The van der Waals surface area contributed by atoms with E-state index in [4.69, 9.17) is 5.11 Å². The van der Waals surface area contributed by atoms with Crippen LogP contribution < -0.4 is 5.32 Å². The third-order valence-corrected chi connectivity index (χ3v) is 5.44. The Bertz CT molecular complexity index is 423. The van der Waals surface area contributed by atoms with Gasteiger partial charge in [-0.15, -0.1) is 11.3 Å². The number of aliphatic carboxylic acids is 1. The highest BCUT2D eigenvalue weighted by atomic mass is 32.2. The van der Waals surface area contributed by atoms with E-state index in [0.29, 0.717) is 17.7 Å². The zero-order valence-corrected chi connectivity index (χ0v) is 12.7. The molecule has 2 N–H and O–H groups in total. The van der Waals surface area contributed by atoms with Crippen LogP contribution in [-0.4, -0.2) is 33.1 Å². The maximum Gasteiger partial charge on any atom is 0.303 e. The van der Waals surface area contributed by atoms with Gasteiger partial charge in [-0.05, 0) is 18.6 Å². The van der Waals surface area contributed by atoms with Crippen LogP contribution in [0.4, 0.5) is 5.13 Å². The minimum Gasteiger partial charge on any atom is -0.481 e. The second-order valence-electron chi connectivity index (χ2n) is 4.71. The fraction of sp³-hybridized carbons (Fsp3) is 0.692. The predicted octanol–water partition coefficient (Wildman–Crippen LogP) is 3.25. The lowest BCUT2D eigenvalue weighted by molar-refractivity contribution is -0.136. The Morgan fingerprint density at radius 3 is 3.21 bits per heavy atom. The monoisotopic (exact) mass is 300 g/mol. The number of carboxylic acids is 1. The average Bonchev–Trinajstić information content (AvgIpc) is 2.98. The van der Waals surface area contributed by atoms with Crippen LogP contribution in [0.5, 0.6) is 0 Å². The molecule has 0 bridgehead atoms. The van der Waals surface area contributed by atoms with Crippen LogP contribution in [0.2, 0.25) is 0 Å². The van der Waals surface area contributed by atoms with E-state index in [0.717, 1.165) is 16.6 Å². The number of nitrogens with zero attached hydrogens (tertiary/aromatic N) is 1. The number of carbonyl (C=O) groups is 1. The number of hydrogen-bond acceptors (Lipinski definition) is 5. The molecule has 1 fully saturated rings. The summed E-state index contributed by atoms with van der Waals surface area (Å²) in [6.07, 6.45) is 4.45. The van der Waals surface area contributed by atoms with Crippen LogP contribution in [0.3, 0.4) is 0 Å². The van der Waals surface area contributed by atoms with Gasteiger partial charge in [-0.3, -0.25) is 4.79 Å². The van der Waals surface area contributed by atoms with E-state index >= 15 is 0 Å². The molecule has 0 aliphatic heterocycles. The molecule has 1 aromatic heterocycles. The van der Waals surface area contributed by atoms with E-state index in [1.54, 1.807) is 11.3 Å². The summed E-state index contributed by atoms with van der Waals surface area (Å²) in [7, 11) is 0. The van der Waals surface area contributed by atoms with Gasteiger partial charge in [0.2, 0.25) is 0 Å². The molecule has 1 heterocycles. The molecule has 2 atom stereocenters. The lowest BCUT2D eigenvalue weighted by Gasteiger charge is -2.19. The third-order valence-electron chi connectivity index (χ3n) is 3.29. The molecular weight excluding hydrogens is 280 g/mol. The summed E-state index contributed by atoms with van der Waals surface area (Å²) >= 11 is 3.61. The fourth-order valence-electron chi connectivity index (χ4n) is 2.39. The molecule has 1 aliphatic carbocycles. The number of rotatable bonds is 7. The Balaban J connectivity index is 1.86. The van der Waals surface area contributed by atoms with Gasteiger partial charge in [0.05, 0.1) is 12.1 Å². The second kappa shape index (κ2) is 7.14. The van der Waals surface area contributed by atoms with Crippen LogP contribution in [0.25, 0.3) is 0 Å². The lowest BCUT2D eigenvalue weighted by Crippen LogP contribution is -2.26. The van der Waals surface area contributed by atoms with Gasteiger partial charge >= 0.3 is 5.97 Å². The van der Waals surface area contributed by atoms with Crippen LogP contribution in [0.1, 0.15) is 38.3 Å². The number of aryl methyl sites for hydroxylation is 1. The van der Waals surface area contributed by atoms with E-state index in [9.17, 15) is 4.79 Å². The van der Waals surface area contributed by atoms with Gasteiger partial charge in [0.15, 0.2) is 5.13 Å². The van der Waals surface area contributed by atoms with Crippen molar-refractivity contribution in [1.29, 1.82) is 0 Å². The minimum atomic E-state index is -0.766. The maximum atomic E-state index is 10.5. The normalized spacial score (nSPS) is 22.6. The van der Waals surface area contributed by atoms with Crippen molar-refractivity contribution < 1.29 is 9.90 Å². The fourth-order valence-corrected chi connectivity index (χ4v) is 4.39. The molecule has 2 rings (SSSR count). The summed E-state index contributed by atoms with van der Waals surface area (Å²) in [5.74, 6) is 0.391. The quantitative estimate of drug-likeness (QED) is 0.809. The first-order valence-corrected chi connectivity index (χ1v) is 8.66. The van der Waals surface area contributed by atoms with Gasteiger partial charge in [-0.2, -0.15) is 11.8 Å². The van der Waals surface area contributed by atoms with Crippen molar-refractivity contribution >= 4 is 34.2 Å². The number of nitrogens with one attached hydrogen (secondary N) is 1. The van der Waals surface area contributed by atoms with Crippen molar-refractivity contribution in [2.45, 2.75) is 50.3 Å². The molecular formula is C13H20N2O2S2. The Kier molecular flexibility index (Phi) is 5.51. The van der Waals surface area contributed by atoms with Crippen LogP contribution in [0.15, 0.2) is 5.38 Å². The summed E-state index contributed by atoms with van der Waals surface area (Å²) in [6, 6.07) is 0.517. The van der Waals surface area contributed by atoms with Crippen molar-refractivity contribution in [3.63, 3.8) is 0 Å². The number of thiazole rings is 1. The summed E-state index contributed by atoms with van der Waals surface area (Å²) in [6.45, 7) is 2.20. The zero-order valence-electron chi connectivity index (χ0n) is 11.1. The van der Waals surface area contributed by atoms with Crippen molar-refractivity contribution in [3.8, 4) is 0 Å². The van der Waals surface area contributed by atoms with Gasteiger partial charge in [0.1, 0.15) is 0 Å². The van der Waals surface area contributed by atoms with Gasteiger partial charge in [-0.1, -0.05) is 13.3 Å². The topological polar surface area (TPSA) is 62.2 Å². The van der Waals surface area contributed by atoms with E-state index in [1.165, 1.54) is 19.3 Å². The largest absolute Gasteiger partial charge is 0.481 e. The van der Waals surface area contributed by atoms with Crippen molar-refractivity contribution in [2.24, 2.45) is 0 Å². The average molecular weight is 300 g/mol. The molecule has 6 heteroatoms. The minimum absolute atomic E-state index is 0.154. The summed E-state index contributed by atoms with van der Waals surface area (Å²) in [4.78, 5) is 15.0. The number of thioether (sulfide) groups is 1. The van der Waals surface area contributed by atoms with Crippen LogP contribution >= 0.6 is 23.1 Å². The molecule has 1 saturated carbocycles. The summed E-state index contributed by atoms with van der Waals surface area (Å²) < 4.78 is 0. The van der Waals surface area contributed by atoms with Gasteiger partial charge in [-0.25, -0.2) is 4.98 Å². The van der Waals surface area contributed by atoms with Gasteiger partial charge in [0.25, 0.3) is 0 Å². The molecule has 0 saturated heterocycles. The van der Waals surface area contributed by atoms with Crippen LogP contribution in [-0.2, 0) is 11.2 Å². The highest BCUT2D eigenvalue weighted by Gasteiger charge is 2.27. The Morgan fingerprint density at radius 1 is 1.63 bits per heavy atom. The molecule has 4 nitrogen and oxygen atoms in total. The Morgan fingerprint density at radius 2 is 2.47 bits per heavy atom. The van der Waals surface area contributed by atoms with Crippen molar-refractivity contribution in [2.75, 3.05) is 11.1 Å². The number of hydrogen-bond donors (Lipinski definition) is 2. The molecule has 1 aromatic rings.